The highest BCUT2D eigenvalue weighted by Crippen LogP contribution is 2.26. The van der Waals surface area contributed by atoms with E-state index in [0.717, 1.165) is 12.1 Å². The molecule has 2 aromatic carbocycles. The molecule has 0 aliphatic carbocycles. The van der Waals surface area contributed by atoms with Gasteiger partial charge < -0.3 is 20.5 Å². The molecule has 0 aliphatic heterocycles. The molecule has 0 aromatic heterocycles. The van der Waals surface area contributed by atoms with Crippen LogP contribution in [0.1, 0.15) is 5.56 Å². The first-order chi connectivity index (χ1) is 11.8. The molecule has 0 bridgehead atoms. The number of hydrogen-bond acceptors (Lipinski definition) is 3. The number of benzene rings is 2. The number of rotatable bonds is 5. The zero-order valence-electron chi connectivity index (χ0n) is 12.7. The van der Waals surface area contributed by atoms with Crippen LogP contribution in [-0.4, -0.2) is 24.1 Å². The highest BCUT2D eigenvalue weighted by molar-refractivity contribution is 6.31. The third-order valence-electron chi connectivity index (χ3n) is 3.05. The second kappa shape index (κ2) is 8.09. The van der Waals surface area contributed by atoms with Crippen LogP contribution in [0.5, 0.6) is 5.75 Å². The Morgan fingerprint density at radius 3 is 2.56 bits per heavy atom. The predicted octanol–water partition coefficient (Wildman–Crippen LogP) is 4.42. The minimum atomic E-state index is -4.82. The van der Waals surface area contributed by atoms with Crippen molar-refractivity contribution in [2.75, 3.05) is 17.2 Å². The number of alkyl halides is 3. The van der Waals surface area contributed by atoms with Crippen LogP contribution in [0, 0.1) is 0 Å². The number of nitrogens with one attached hydrogen (secondary N) is 2. The van der Waals surface area contributed by atoms with E-state index in [0.29, 0.717) is 16.3 Å². The lowest BCUT2D eigenvalue weighted by Crippen LogP contribution is -2.21. The van der Waals surface area contributed by atoms with E-state index < -0.39 is 18.1 Å². The van der Waals surface area contributed by atoms with Crippen LogP contribution in [-0.2, 0) is 6.42 Å². The van der Waals surface area contributed by atoms with Crippen LogP contribution in [0.15, 0.2) is 42.5 Å². The molecule has 0 atom stereocenters. The van der Waals surface area contributed by atoms with Gasteiger partial charge in [-0.15, -0.1) is 13.2 Å². The summed E-state index contributed by atoms with van der Waals surface area (Å²) in [6.07, 6.45) is -4.58. The smallest absolute Gasteiger partial charge is 0.406 e. The molecule has 0 spiro atoms. The maximum atomic E-state index is 12.2. The van der Waals surface area contributed by atoms with E-state index >= 15 is 0 Å². The number of halogens is 4. The quantitative estimate of drug-likeness (QED) is 0.725. The Balaban J connectivity index is 2.08. The third-order valence-corrected chi connectivity index (χ3v) is 3.41. The number of aliphatic hydroxyl groups is 1. The van der Waals surface area contributed by atoms with Crippen molar-refractivity contribution in [2.45, 2.75) is 12.8 Å². The summed E-state index contributed by atoms with van der Waals surface area (Å²) in [5, 5.41) is 14.4. The normalized spacial score (nSPS) is 11.1. The first-order valence-electron chi connectivity index (χ1n) is 7.10. The monoisotopic (exact) mass is 374 g/mol. The van der Waals surface area contributed by atoms with Crippen molar-refractivity contribution in [3.63, 3.8) is 0 Å². The Bertz CT molecular complexity index is 754. The molecule has 0 saturated heterocycles. The van der Waals surface area contributed by atoms with Gasteiger partial charge >= 0.3 is 12.4 Å². The van der Waals surface area contributed by atoms with Crippen LogP contribution in [0.3, 0.4) is 0 Å². The van der Waals surface area contributed by atoms with Crippen molar-refractivity contribution in [3.8, 4) is 5.75 Å². The molecular formula is C16H14ClF3N2O3. The third kappa shape index (κ3) is 5.84. The Morgan fingerprint density at radius 2 is 1.88 bits per heavy atom. The average Bonchev–Trinajstić information content (AvgIpc) is 2.49. The Labute approximate surface area is 146 Å². The van der Waals surface area contributed by atoms with Gasteiger partial charge in [-0.1, -0.05) is 23.7 Å². The number of carbonyl (C=O) groups excluding carboxylic acids is 1. The summed E-state index contributed by atoms with van der Waals surface area (Å²) in [5.74, 6) is -0.450. The number of hydrogen-bond donors (Lipinski definition) is 3. The van der Waals surface area contributed by atoms with Crippen LogP contribution < -0.4 is 15.4 Å². The Kier molecular flexibility index (Phi) is 6.11. The summed E-state index contributed by atoms with van der Waals surface area (Å²) in [6.45, 7) is -0.156. The van der Waals surface area contributed by atoms with Gasteiger partial charge in [-0.25, -0.2) is 4.79 Å². The molecule has 0 unspecified atom stereocenters. The lowest BCUT2D eigenvalue weighted by Gasteiger charge is -2.14. The van der Waals surface area contributed by atoms with Gasteiger partial charge in [0.05, 0.1) is 0 Å². The van der Waals surface area contributed by atoms with E-state index in [1.165, 1.54) is 12.1 Å². The van der Waals surface area contributed by atoms with E-state index in [1.807, 2.05) is 0 Å². The molecule has 134 valence electrons. The van der Waals surface area contributed by atoms with E-state index in [1.54, 1.807) is 18.2 Å². The second-order valence-corrected chi connectivity index (χ2v) is 5.30. The van der Waals surface area contributed by atoms with Crippen molar-refractivity contribution >= 4 is 29.0 Å². The molecule has 3 N–H and O–H groups in total. The fourth-order valence-electron chi connectivity index (χ4n) is 2.10. The Morgan fingerprint density at radius 1 is 1.16 bits per heavy atom. The zero-order valence-corrected chi connectivity index (χ0v) is 13.5. The molecule has 9 heteroatoms. The van der Waals surface area contributed by atoms with E-state index in [-0.39, 0.29) is 18.7 Å². The molecule has 2 aromatic rings. The van der Waals surface area contributed by atoms with Crippen LogP contribution in [0.4, 0.5) is 29.3 Å². The topological polar surface area (TPSA) is 70.6 Å². The standard InChI is InChI=1S/C16H14ClF3N2O3/c17-13-5-2-6-14(12(13)7-8-23)22-15(24)21-10-3-1-4-11(9-10)25-16(18,19)20/h1-6,9,23H,7-8H2,(H2,21,22,24). The highest BCUT2D eigenvalue weighted by Gasteiger charge is 2.31. The van der Waals surface area contributed by atoms with Crippen LogP contribution >= 0.6 is 11.6 Å². The second-order valence-electron chi connectivity index (χ2n) is 4.89. The van der Waals surface area contributed by atoms with E-state index in [9.17, 15) is 18.0 Å². The van der Waals surface area contributed by atoms with Crippen molar-refractivity contribution < 1.29 is 27.8 Å². The first-order valence-corrected chi connectivity index (χ1v) is 7.48. The summed E-state index contributed by atoms with van der Waals surface area (Å²) >= 11 is 6.03. The van der Waals surface area contributed by atoms with Gasteiger partial charge in [-0.3, -0.25) is 0 Å². The zero-order chi connectivity index (χ0) is 18.4. The van der Waals surface area contributed by atoms with Crippen molar-refractivity contribution in [3.05, 3.63) is 53.1 Å². The van der Waals surface area contributed by atoms with Gasteiger partial charge in [-0.2, -0.15) is 0 Å². The molecule has 0 saturated carbocycles. The molecule has 0 fully saturated rings. The van der Waals surface area contributed by atoms with Gasteiger partial charge in [0.15, 0.2) is 0 Å². The number of ether oxygens (including phenoxy) is 1. The van der Waals surface area contributed by atoms with E-state index in [4.69, 9.17) is 16.7 Å². The minimum Gasteiger partial charge on any atom is -0.406 e. The number of amides is 2. The first kappa shape index (κ1) is 18.9. The maximum Gasteiger partial charge on any atom is 0.573 e. The molecule has 0 radical (unpaired) electrons. The summed E-state index contributed by atoms with van der Waals surface area (Å²) in [5.41, 5.74) is 1.06. The summed E-state index contributed by atoms with van der Waals surface area (Å²) in [6, 6.07) is 9.05. The minimum absolute atomic E-state index is 0.116. The summed E-state index contributed by atoms with van der Waals surface area (Å²) in [7, 11) is 0. The van der Waals surface area contributed by atoms with Crippen LogP contribution in [0.2, 0.25) is 5.02 Å². The SMILES string of the molecule is O=C(Nc1cccc(OC(F)(F)F)c1)Nc1cccc(Cl)c1CCO. The molecule has 25 heavy (non-hydrogen) atoms. The number of carbonyl (C=O) groups is 1. The fourth-order valence-corrected chi connectivity index (χ4v) is 2.37. The lowest BCUT2D eigenvalue weighted by molar-refractivity contribution is -0.274. The predicted molar refractivity (Wildman–Crippen MR) is 88.0 cm³/mol. The van der Waals surface area contributed by atoms with Crippen molar-refractivity contribution in [1.82, 2.24) is 0 Å². The molecule has 2 amide bonds. The van der Waals surface area contributed by atoms with Gasteiger partial charge in [-0.05, 0) is 36.2 Å². The summed E-state index contributed by atoms with van der Waals surface area (Å²) < 4.78 is 40.5. The van der Waals surface area contributed by atoms with Gasteiger partial charge in [0.1, 0.15) is 5.75 Å². The highest BCUT2D eigenvalue weighted by atomic mass is 35.5. The number of anilines is 2. The van der Waals surface area contributed by atoms with Crippen molar-refractivity contribution in [1.29, 1.82) is 0 Å². The van der Waals surface area contributed by atoms with Crippen molar-refractivity contribution in [2.24, 2.45) is 0 Å². The molecule has 2 rings (SSSR count). The lowest BCUT2D eigenvalue weighted by atomic mass is 10.1. The average molecular weight is 375 g/mol. The van der Waals surface area contributed by atoms with Gasteiger partial charge in [0, 0.05) is 29.1 Å². The molecular weight excluding hydrogens is 361 g/mol. The van der Waals surface area contributed by atoms with Gasteiger partial charge in [0.25, 0.3) is 0 Å². The number of urea groups is 1. The summed E-state index contributed by atoms with van der Waals surface area (Å²) in [4.78, 5) is 12.1. The van der Waals surface area contributed by atoms with Crippen LogP contribution in [0.25, 0.3) is 0 Å². The Hall–Kier alpha value is -2.45. The molecule has 0 heterocycles. The maximum absolute atomic E-state index is 12.2. The largest absolute Gasteiger partial charge is 0.573 e. The fraction of sp³-hybridized carbons (Fsp3) is 0.188. The molecule has 5 nitrogen and oxygen atoms in total. The van der Waals surface area contributed by atoms with E-state index in [2.05, 4.69) is 15.4 Å². The van der Waals surface area contributed by atoms with Gasteiger partial charge in [0.2, 0.25) is 0 Å². The number of aliphatic hydroxyl groups excluding tert-OH is 1. The molecule has 0 aliphatic rings.